The van der Waals surface area contributed by atoms with E-state index in [1.54, 1.807) is 20.8 Å². The largest absolute Gasteiger partial charge is 0.573 e. The Morgan fingerprint density at radius 1 is 1.26 bits per heavy atom. The second-order valence-corrected chi connectivity index (χ2v) is 6.79. The molecule has 2 atom stereocenters. The number of aryl methyl sites for hydroxylation is 2. The fourth-order valence-electron chi connectivity index (χ4n) is 1.94. The summed E-state index contributed by atoms with van der Waals surface area (Å²) in [4.78, 5) is 4.18. The monoisotopic (exact) mass is 347 g/mol. The van der Waals surface area contributed by atoms with Gasteiger partial charge in [-0.2, -0.15) is 0 Å². The van der Waals surface area contributed by atoms with Crippen LogP contribution < -0.4 is 4.74 Å². The Morgan fingerprint density at radius 2 is 1.87 bits per heavy atom. The van der Waals surface area contributed by atoms with Crippen molar-refractivity contribution in [1.82, 2.24) is 4.98 Å². The number of benzene rings is 1. The number of halogens is 3. The predicted molar refractivity (Wildman–Crippen MR) is 79.4 cm³/mol. The molecular weight excluding hydrogens is 331 g/mol. The summed E-state index contributed by atoms with van der Waals surface area (Å²) in [5.41, 5.74) is 1.40. The minimum atomic E-state index is -4.73. The van der Waals surface area contributed by atoms with E-state index in [4.69, 9.17) is 4.42 Å². The van der Waals surface area contributed by atoms with Crippen molar-refractivity contribution < 1.29 is 26.5 Å². The summed E-state index contributed by atoms with van der Waals surface area (Å²) < 4.78 is 57.9. The average molecular weight is 347 g/mol. The first-order valence-corrected chi connectivity index (χ1v) is 8.19. The molecule has 0 aliphatic heterocycles. The molecule has 0 spiro atoms. The van der Waals surface area contributed by atoms with Crippen molar-refractivity contribution in [1.29, 1.82) is 0 Å². The van der Waals surface area contributed by atoms with Crippen LogP contribution in [0, 0.1) is 13.8 Å². The van der Waals surface area contributed by atoms with Gasteiger partial charge in [-0.25, -0.2) is 4.98 Å². The first kappa shape index (κ1) is 17.5. The molecule has 0 aliphatic rings. The van der Waals surface area contributed by atoms with Gasteiger partial charge in [-0.15, -0.1) is 13.2 Å². The maximum atomic E-state index is 12.3. The summed E-state index contributed by atoms with van der Waals surface area (Å²) in [6, 6.07) is 5.34. The zero-order chi connectivity index (χ0) is 17.2. The summed E-state index contributed by atoms with van der Waals surface area (Å²) in [5, 5.41) is -0.373. The molecular formula is C15H16F3NO3S. The molecule has 126 valence electrons. The second-order valence-electron chi connectivity index (χ2n) is 5.03. The van der Waals surface area contributed by atoms with Crippen molar-refractivity contribution in [2.75, 3.05) is 0 Å². The van der Waals surface area contributed by atoms with Crippen LogP contribution in [0.2, 0.25) is 0 Å². The van der Waals surface area contributed by atoms with Crippen molar-refractivity contribution in [2.24, 2.45) is 0 Å². The third kappa shape index (κ3) is 4.82. The van der Waals surface area contributed by atoms with Crippen LogP contribution in [0.15, 0.2) is 28.7 Å². The maximum Gasteiger partial charge on any atom is 0.573 e. The van der Waals surface area contributed by atoms with Crippen LogP contribution in [-0.2, 0) is 16.6 Å². The van der Waals surface area contributed by atoms with E-state index < -0.39 is 17.2 Å². The van der Waals surface area contributed by atoms with E-state index in [9.17, 15) is 17.4 Å². The molecule has 4 nitrogen and oxygen atoms in total. The highest BCUT2D eigenvalue weighted by Crippen LogP contribution is 2.27. The zero-order valence-corrected chi connectivity index (χ0v) is 13.6. The van der Waals surface area contributed by atoms with Gasteiger partial charge in [0.15, 0.2) is 0 Å². The van der Waals surface area contributed by atoms with E-state index in [1.165, 1.54) is 24.3 Å². The Balaban J connectivity index is 2.04. The Morgan fingerprint density at radius 3 is 2.35 bits per heavy atom. The summed E-state index contributed by atoms with van der Waals surface area (Å²) in [5.74, 6) is 0.912. The molecule has 0 amide bonds. The molecule has 0 N–H and O–H groups in total. The lowest BCUT2D eigenvalue weighted by atomic mass is 10.2. The van der Waals surface area contributed by atoms with E-state index in [0.717, 1.165) is 5.69 Å². The van der Waals surface area contributed by atoms with Crippen LogP contribution in [0.25, 0.3) is 0 Å². The van der Waals surface area contributed by atoms with Gasteiger partial charge in [-0.3, -0.25) is 4.21 Å². The number of alkyl halides is 3. The lowest BCUT2D eigenvalue weighted by Crippen LogP contribution is -2.17. The number of aromatic nitrogens is 1. The fraction of sp³-hybridized carbons (Fsp3) is 0.400. The van der Waals surface area contributed by atoms with Gasteiger partial charge in [0.1, 0.15) is 17.3 Å². The maximum absolute atomic E-state index is 12.3. The number of ether oxygens (including phenoxy) is 1. The van der Waals surface area contributed by atoms with Crippen molar-refractivity contribution in [3.8, 4) is 5.75 Å². The smallest absolute Gasteiger partial charge is 0.445 e. The predicted octanol–water partition coefficient (Wildman–Crippen LogP) is 4.20. The van der Waals surface area contributed by atoms with Crippen LogP contribution in [0.4, 0.5) is 13.2 Å². The van der Waals surface area contributed by atoms with Crippen LogP contribution in [-0.4, -0.2) is 15.6 Å². The normalized spacial score (nSPS) is 14.5. The van der Waals surface area contributed by atoms with Crippen molar-refractivity contribution >= 4 is 10.8 Å². The molecule has 0 saturated carbocycles. The molecule has 0 saturated heterocycles. The molecule has 2 rings (SSSR count). The molecule has 23 heavy (non-hydrogen) atoms. The van der Waals surface area contributed by atoms with Crippen molar-refractivity contribution in [2.45, 2.75) is 38.1 Å². The van der Waals surface area contributed by atoms with Gasteiger partial charge in [-0.05, 0) is 38.5 Å². The third-order valence-corrected chi connectivity index (χ3v) is 4.91. The van der Waals surface area contributed by atoms with Crippen LogP contribution in [0.3, 0.4) is 0 Å². The number of hydrogen-bond donors (Lipinski definition) is 0. The van der Waals surface area contributed by atoms with Gasteiger partial charge >= 0.3 is 6.36 Å². The number of oxazole rings is 1. The van der Waals surface area contributed by atoms with Crippen molar-refractivity contribution in [3.63, 3.8) is 0 Å². The SMILES string of the molecule is Cc1nc(C[S@@](=O)[C@H](C)c2ccc(OC(F)(F)F)cc2)oc1C. The number of nitrogens with zero attached hydrogens (tertiary/aromatic N) is 1. The van der Waals surface area contributed by atoms with Crippen molar-refractivity contribution in [3.05, 3.63) is 47.2 Å². The Labute approximate surface area is 134 Å². The van der Waals surface area contributed by atoms with Gasteiger partial charge in [0.2, 0.25) is 5.89 Å². The highest BCUT2D eigenvalue weighted by Gasteiger charge is 2.31. The zero-order valence-electron chi connectivity index (χ0n) is 12.8. The summed E-state index contributed by atoms with van der Waals surface area (Å²) in [7, 11) is -1.31. The first-order valence-electron chi connectivity index (χ1n) is 6.81. The minimum absolute atomic E-state index is 0.149. The van der Waals surface area contributed by atoms with E-state index in [0.29, 0.717) is 17.2 Å². The molecule has 2 aromatic rings. The summed E-state index contributed by atoms with van der Waals surface area (Å²) in [6.45, 7) is 5.31. The molecule has 1 aromatic heterocycles. The van der Waals surface area contributed by atoms with E-state index >= 15 is 0 Å². The quantitative estimate of drug-likeness (QED) is 0.813. The molecule has 0 unspecified atom stereocenters. The highest BCUT2D eigenvalue weighted by atomic mass is 32.2. The van der Waals surface area contributed by atoms with Crippen LogP contribution >= 0.6 is 0 Å². The van der Waals surface area contributed by atoms with Crippen LogP contribution in [0.1, 0.15) is 35.1 Å². The van der Waals surface area contributed by atoms with Gasteiger partial charge in [-0.1, -0.05) is 12.1 Å². The summed E-state index contributed by atoms with van der Waals surface area (Å²) >= 11 is 0. The molecule has 8 heteroatoms. The molecule has 1 heterocycles. The third-order valence-electron chi connectivity index (χ3n) is 3.32. The Bertz CT molecular complexity index is 675. The number of hydrogen-bond acceptors (Lipinski definition) is 4. The van der Waals surface area contributed by atoms with Gasteiger partial charge in [0, 0.05) is 10.8 Å². The lowest BCUT2D eigenvalue weighted by Gasteiger charge is -2.13. The Kier molecular flexibility index (Phi) is 5.13. The molecule has 0 radical (unpaired) electrons. The standard InChI is InChI=1S/C15H16F3NO3S/c1-9-10(2)21-14(19-9)8-23(20)11(3)12-4-6-13(7-5-12)22-15(16,17)18/h4-7,11H,8H2,1-3H3/t11-,23-/m1/s1. The van der Waals surface area contributed by atoms with Gasteiger partial charge in [0.25, 0.3) is 0 Å². The highest BCUT2D eigenvalue weighted by molar-refractivity contribution is 7.84. The lowest BCUT2D eigenvalue weighted by molar-refractivity contribution is -0.274. The second kappa shape index (κ2) is 6.74. The summed E-state index contributed by atoms with van der Waals surface area (Å²) in [6.07, 6.45) is -4.73. The van der Waals surface area contributed by atoms with Gasteiger partial charge in [0.05, 0.1) is 10.9 Å². The van der Waals surface area contributed by atoms with E-state index in [2.05, 4.69) is 9.72 Å². The van der Waals surface area contributed by atoms with E-state index in [-0.39, 0.29) is 16.8 Å². The molecule has 0 fully saturated rings. The fourth-order valence-corrected chi connectivity index (χ4v) is 3.02. The van der Waals surface area contributed by atoms with Crippen LogP contribution in [0.5, 0.6) is 5.75 Å². The average Bonchev–Trinajstić information content (AvgIpc) is 2.75. The van der Waals surface area contributed by atoms with Gasteiger partial charge < -0.3 is 9.15 Å². The minimum Gasteiger partial charge on any atom is -0.445 e. The first-order chi connectivity index (χ1) is 10.7. The molecule has 0 bridgehead atoms. The molecule has 0 aliphatic carbocycles. The van der Waals surface area contributed by atoms with E-state index in [1.807, 2.05) is 0 Å². The number of rotatable bonds is 5. The molecule has 1 aromatic carbocycles. The topological polar surface area (TPSA) is 52.3 Å². The Hall–Kier alpha value is -1.83.